The lowest BCUT2D eigenvalue weighted by Gasteiger charge is -2.23. The molecular formula is C18H15F2N5O. The fourth-order valence-corrected chi connectivity index (χ4v) is 2.84. The van der Waals surface area contributed by atoms with Crippen molar-refractivity contribution in [3.63, 3.8) is 0 Å². The molecule has 0 saturated heterocycles. The summed E-state index contributed by atoms with van der Waals surface area (Å²) in [5.41, 5.74) is 3.82. The third-order valence-electron chi connectivity index (χ3n) is 4.14. The van der Waals surface area contributed by atoms with Gasteiger partial charge in [0.15, 0.2) is 0 Å². The van der Waals surface area contributed by atoms with Crippen molar-refractivity contribution in [1.82, 2.24) is 20.2 Å². The van der Waals surface area contributed by atoms with E-state index >= 15 is 0 Å². The monoisotopic (exact) mass is 355 g/mol. The van der Waals surface area contributed by atoms with Gasteiger partial charge in [0.05, 0.1) is 0 Å². The Kier molecular flexibility index (Phi) is 4.08. The Bertz CT molecular complexity index is 935. The van der Waals surface area contributed by atoms with Crippen LogP contribution in [0.25, 0.3) is 5.70 Å². The number of nitrogens with one attached hydrogen (secondary N) is 1. The van der Waals surface area contributed by atoms with Crippen LogP contribution in [0.15, 0.2) is 54.6 Å². The zero-order valence-corrected chi connectivity index (χ0v) is 13.8. The predicted octanol–water partition coefficient (Wildman–Crippen LogP) is 3.64. The molecule has 0 bridgehead atoms. The van der Waals surface area contributed by atoms with Crippen LogP contribution in [-0.2, 0) is 0 Å². The lowest BCUT2D eigenvalue weighted by Crippen LogP contribution is -2.20. The van der Waals surface area contributed by atoms with Gasteiger partial charge in [0, 0.05) is 5.70 Å². The highest BCUT2D eigenvalue weighted by atomic mass is 19.3. The van der Waals surface area contributed by atoms with Gasteiger partial charge in [0.2, 0.25) is 5.95 Å². The molecule has 0 fully saturated rings. The highest BCUT2D eigenvalue weighted by molar-refractivity contribution is 5.77. The Hall–Kier alpha value is -3.29. The molecule has 0 aliphatic carbocycles. The van der Waals surface area contributed by atoms with Crippen LogP contribution >= 0.6 is 0 Å². The van der Waals surface area contributed by atoms with E-state index in [-0.39, 0.29) is 11.8 Å². The van der Waals surface area contributed by atoms with Gasteiger partial charge in [-0.3, -0.25) is 0 Å². The van der Waals surface area contributed by atoms with E-state index in [1.54, 1.807) is 16.8 Å². The zero-order valence-electron chi connectivity index (χ0n) is 13.8. The number of aryl methyl sites for hydroxylation is 1. The summed E-state index contributed by atoms with van der Waals surface area (Å²) < 4.78 is 30.7. The largest absolute Gasteiger partial charge is 0.435 e. The molecule has 0 radical (unpaired) electrons. The fourth-order valence-electron chi connectivity index (χ4n) is 2.84. The van der Waals surface area contributed by atoms with E-state index in [1.807, 2.05) is 37.3 Å². The predicted molar refractivity (Wildman–Crippen MR) is 91.8 cm³/mol. The van der Waals surface area contributed by atoms with Gasteiger partial charge in [-0.15, -0.1) is 0 Å². The van der Waals surface area contributed by atoms with Crippen LogP contribution in [0.5, 0.6) is 5.75 Å². The summed E-state index contributed by atoms with van der Waals surface area (Å²) in [7, 11) is 0. The number of rotatable bonds is 4. The number of allylic oxidation sites excluding steroid dienone is 1. The number of hydrogen-bond donors (Lipinski definition) is 1. The van der Waals surface area contributed by atoms with Gasteiger partial charge in [0.25, 0.3) is 0 Å². The van der Waals surface area contributed by atoms with E-state index in [1.165, 1.54) is 17.7 Å². The van der Waals surface area contributed by atoms with E-state index in [4.69, 9.17) is 0 Å². The van der Waals surface area contributed by atoms with Crippen molar-refractivity contribution in [2.24, 2.45) is 0 Å². The van der Waals surface area contributed by atoms with Crippen molar-refractivity contribution in [2.45, 2.75) is 19.6 Å². The topological polar surface area (TPSA) is 64.9 Å². The summed E-state index contributed by atoms with van der Waals surface area (Å²) in [6, 6.07) is 14.4. The van der Waals surface area contributed by atoms with Crippen LogP contribution in [0.4, 0.5) is 14.7 Å². The smallest absolute Gasteiger partial charge is 0.387 e. The lowest BCUT2D eigenvalue weighted by atomic mass is 10.0. The summed E-state index contributed by atoms with van der Waals surface area (Å²) in [6.45, 7) is -0.817. The molecule has 2 heterocycles. The molecule has 132 valence electrons. The number of halogens is 2. The minimum Gasteiger partial charge on any atom is -0.435 e. The normalized spacial score (nSPS) is 16.0. The molecule has 0 amide bonds. The molecule has 1 aromatic heterocycles. The van der Waals surface area contributed by atoms with Gasteiger partial charge in [0.1, 0.15) is 11.8 Å². The number of fused-ring (bicyclic) bond motifs is 1. The molecule has 0 saturated carbocycles. The van der Waals surface area contributed by atoms with Gasteiger partial charge in [-0.1, -0.05) is 34.9 Å². The first kappa shape index (κ1) is 16.2. The Morgan fingerprint density at radius 1 is 1.08 bits per heavy atom. The SMILES string of the molecule is Cc1ccc(C2C=C(c3ccc(OC(F)F)cc3)Nc3nnnn32)cc1. The van der Waals surface area contributed by atoms with Gasteiger partial charge in [-0.25, -0.2) is 0 Å². The van der Waals surface area contributed by atoms with Crippen LogP contribution in [0, 0.1) is 6.92 Å². The van der Waals surface area contributed by atoms with Crippen molar-refractivity contribution in [1.29, 1.82) is 0 Å². The quantitative estimate of drug-likeness (QED) is 0.774. The van der Waals surface area contributed by atoms with E-state index < -0.39 is 6.61 Å². The molecule has 1 atom stereocenters. The maximum atomic E-state index is 12.3. The van der Waals surface area contributed by atoms with E-state index in [0.717, 1.165) is 16.8 Å². The maximum absolute atomic E-state index is 12.3. The summed E-state index contributed by atoms with van der Waals surface area (Å²) in [6.07, 6.45) is 2.00. The second-order valence-electron chi connectivity index (χ2n) is 5.91. The van der Waals surface area contributed by atoms with Crippen molar-refractivity contribution in [2.75, 3.05) is 5.32 Å². The Balaban J connectivity index is 1.69. The number of anilines is 1. The van der Waals surface area contributed by atoms with Crippen LogP contribution in [-0.4, -0.2) is 26.8 Å². The number of nitrogens with zero attached hydrogens (tertiary/aromatic N) is 4. The lowest BCUT2D eigenvalue weighted by molar-refractivity contribution is -0.0498. The second-order valence-corrected chi connectivity index (χ2v) is 5.91. The molecular weight excluding hydrogens is 340 g/mol. The number of benzene rings is 2. The average molecular weight is 355 g/mol. The van der Waals surface area contributed by atoms with Gasteiger partial charge in [-0.05, 0) is 58.8 Å². The molecule has 6 nitrogen and oxygen atoms in total. The highest BCUT2D eigenvalue weighted by Gasteiger charge is 2.24. The number of ether oxygens (including phenoxy) is 1. The second kappa shape index (κ2) is 6.55. The molecule has 4 rings (SSSR count). The minimum absolute atomic E-state index is 0.111. The van der Waals surface area contributed by atoms with Crippen LogP contribution in [0.2, 0.25) is 0 Å². The molecule has 1 aliphatic rings. The molecule has 2 aromatic carbocycles. The van der Waals surface area contributed by atoms with Gasteiger partial charge >= 0.3 is 6.61 Å². The molecule has 1 unspecified atom stereocenters. The first-order valence-electron chi connectivity index (χ1n) is 7.99. The number of hydrogen-bond acceptors (Lipinski definition) is 5. The van der Waals surface area contributed by atoms with Crippen LogP contribution in [0.1, 0.15) is 22.7 Å². The van der Waals surface area contributed by atoms with Crippen molar-refractivity contribution in [3.05, 3.63) is 71.3 Å². The molecule has 26 heavy (non-hydrogen) atoms. The van der Waals surface area contributed by atoms with Crippen LogP contribution < -0.4 is 10.1 Å². The first-order valence-corrected chi connectivity index (χ1v) is 7.99. The summed E-state index contributed by atoms with van der Waals surface area (Å²) in [5, 5.41) is 15.0. The fraction of sp³-hybridized carbons (Fsp3) is 0.167. The molecule has 3 aromatic rings. The number of tetrazole rings is 1. The summed E-state index contributed by atoms with van der Waals surface area (Å²) >= 11 is 0. The minimum atomic E-state index is -2.84. The Morgan fingerprint density at radius 2 is 1.81 bits per heavy atom. The molecule has 8 heteroatoms. The Morgan fingerprint density at radius 3 is 2.50 bits per heavy atom. The third kappa shape index (κ3) is 3.13. The number of alkyl halides is 2. The molecule has 0 spiro atoms. The van der Waals surface area contributed by atoms with Gasteiger partial charge < -0.3 is 10.1 Å². The Labute approximate surface area is 148 Å². The molecule has 1 aliphatic heterocycles. The molecule has 1 N–H and O–H groups in total. The van der Waals surface area contributed by atoms with E-state index in [9.17, 15) is 8.78 Å². The van der Waals surface area contributed by atoms with E-state index in [2.05, 4.69) is 25.6 Å². The standard InChI is InChI=1S/C18H15F2N5O/c1-11-2-4-13(5-3-11)16-10-15(21-18-22-23-24-25(16)18)12-6-8-14(9-7-12)26-17(19)20/h2-10,16-17H,1H3,(H,21,22,24). The van der Waals surface area contributed by atoms with Crippen molar-refractivity contribution in [3.8, 4) is 5.75 Å². The maximum Gasteiger partial charge on any atom is 0.387 e. The van der Waals surface area contributed by atoms with Crippen LogP contribution in [0.3, 0.4) is 0 Å². The van der Waals surface area contributed by atoms with E-state index in [0.29, 0.717) is 5.95 Å². The van der Waals surface area contributed by atoms with Crippen molar-refractivity contribution < 1.29 is 13.5 Å². The van der Waals surface area contributed by atoms with Crippen molar-refractivity contribution >= 4 is 11.6 Å². The third-order valence-corrected chi connectivity index (χ3v) is 4.14. The average Bonchev–Trinajstić information content (AvgIpc) is 3.10. The summed E-state index contributed by atoms with van der Waals surface area (Å²) in [4.78, 5) is 0. The zero-order chi connectivity index (χ0) is 18.1. The first-order chi connectivity index (χ1) is 12.6. The number of aromatic nitrogens is 4. The summed E-state index contributed by atoms with van der Waals surface area (Å²) in [5.74, 6) is 0.626. The van der Waals surface area contributed by atoms with Gasteiger partial charge in [-0.2, -0.15) is 13.5 Å². The highest BCUT2D eigenvalue weighted by Crippen LogP contribution is 2.32.